The van der Waals surface area contributed by atoms with E-state index in [9.17, 15) is 9.90 Å². The summed E-state index contributed by atoms with van der Waals surface area (Å²) in [6, 6.07) is 9.62. The highest BCUT2D eigenvalue weighted by Gasteiger charge is 2.22. The van der Waals surface area contributed by atoms with Crippen LogP contribution in [0.15, 0.2) is 42.5 Å². The lowest BCUT2D eigenvalue weighted by Crippen LogP contribution is -2.21. The number of rotatable bonds is 7. The van der Waals surface area contributed by atoms with E-state index in [2.05, 4.69) is 0 Å². The SMILES string of the molecule is CCC(O)(C=CCCCOC(C)=O)c1ccccc1. The Morgan fingerprint density at radius 2 is 2.05 bits per heavy atom. The summed E-state index contributed by atoms with van der Waals surface area (Å²) in [6.07, 6.45) is 5.95. The van der Waals surface area contributed by atoms with Crippen LogP contribution < -0.4 is 0 Å². The predicted octanol–water partition coefficient (Wildman–Crippen LogP) is 3.18. The molecule has 0 spiro atoms. The molecule has 1 unspecified atom stereocenters. The number of hydrogen-bond acceptors (Lipinski definition) is 3. The number of hydrogen-bond donors (Lipinski definition) is 1. The lowest BCUT2D eigenvalue weighted by Gasteiger charge is -2.23. The summed E-state index contributed by atoms with van der Waals surface area (Å²) < 4.78 is 4.85. The Labute approximate surface area is 114 Å². The van der Waals surface area contributed by atoms with Crippen molar-refractivity contribution in [2.75, 3.05) is 6.61 Å². The van der Waals surface area contributed by atoms with Crippen LogP contribution in [0.3, 0.4) is 0 Å². The van der Waals surface area contributed by atoms with Gasteiger partial charge in [-0.05, 0) is 24.8 Å². The molecule has 0 aliphatic carbocycles. The third-order valence-corrected chi connectivity index (χ3v) is 3.03. The molecule has 0 radical (unpaired) electrons. The minimum atomic E-state index is -0.914. The third-order valence-electron chi connectivity index (χ3n) is 3.03. The zero-order valence-electron chi connectivity index (χ0n) is 11.6. The second kappa shape index (κ2) is 7.74. The Morgan fingerprint density at radius 3 is 2.63 bits per heavy atom. The molecule has 3 nitrogen and oxygen atoms in total. The molecule has 0 amide bonds. The summed E-state index contributed by atoms with van der Waals surface area (Å²) in [5.41, 5.74) is -0.0170. The van der Waals surface area contributed by atoms with Crippen LogP contribution in [0.2, 0.25) is 0 Å². The second-order valence-electron chi connectivity index (χ2n) is 4.53. The molecule has 1 atom stereocenters. The molecule has 0 fully saturated rings. The Hall–Kier alpha value is -1.61. The van der Waals surface area contributed by atoms with E-state index in [1.54, 1.807) is 0 Å². The Balaban J connectivity index is 2.50. The van der Waals surface area contributed by atoms with E-state index in [1.165, 1.54) is 6.92 Å². The van der Waals surface area contributed by atoms with Crippen LogP contribution in [0.4, 0.5) is 0 Å². The van der Waals surface area contributed by atoms with Crippen LogP contribution in [0.25, 0.3) is 0 Å². The van der Waals surface area contributed by atoms with Gasteiger partial charge in [0, 0.05) is 6.92 Å². The molecule has 0 heterocycles. The summed E-state index contributed by atoms with van der Waals surface area (Å²) in [6.45, 7) is 3.78. The predicted molar refractivity (Wildman–Crippen MR) is 75.6 cm³/mol. The van der Waals surface area contributed by atoms with Crippen molar-refractivity contribution in [1.29, 1.82) is 0 Å². The molecular formula is C16H22O3. The molecule has 1 N–H and O–H groups in total. The molecule has 0 bridgehead atoms. The number of unbranched alkanes of at least 4 members (excludes halogenated alkanes) is 1. The van der Waals surface area contributed by atoms with Gasteiger partial charge in [0.2, 0.25) is 0 Å². The van der Waals surface area contributed by atoms with E-state index in [0.29, 0.717) is 13.0 Å². The first-order valence-corrected chi connectivity index (χ1v) is 6.67. The molecule has 0 aliphatic heterocycles. The average Bonchev–Trinajstić information content (AvgIpc) is 2.43. The van der Waals surface area contributed by atoms with Gasteiger partial charge in [0.25, 0.3) is 0 Å². The van der Waals surface area contributed by atoms with Gasteiger partial charge in [-0.1, -0.05) is 49.4 Å². The number of esters is 1. The van der Waals surface area contributed by atoms with Crippen molar-refractivity contribution >= 4 is 5.97 Å². The van der Waals surface area contributed by atoms with Gasteiger partial charge in [-0.15, -0.1) is 0 Å². The average molecular weight is 262 g/mol. The van der Waals surface area contributed by atoms with E-state index in [-0.39, 0.29) is 5.97 Å². The minimum absolute atomic E-state index is 0.252. The van der Waals surface area contributed by atoms with Crippen LogP contribution in [0, 0.1) is 0 Å². The lowest BCUT2D eigenvalue weighted by atomic mass is 9.90. The van der Waals surface area contributed by atoms with Crippen molar-refractivity contribution in [3.63, 3.8) is 0 Å². The quantitative estimate of drug-likeness (QED) is 0.466. The monoisotopic (exact) mass is 262 g/mol. The number of allylic oxidation sites excluding steroid dienone is 1. The number of aliphatic hydroxyl groups is 1. The second-order valence-corrected chi connectivity index (χ2v) is 4.53. The first-order valence-electron chi connectivity index (χ1n) is 6.67. The lowest BCUT2D eigenvalue weighted by molar-refractivity contribution is -0.141. The van der Waals surface area contributed by atoms with Gasteiger partial charge in [0.05, 0.1) is 6.61 Å². The topological polar surface area (TPSA) is 46.5 Å². The van der Waals surface area contributed by atoms with Crippen molar-refractivity contribution in [2.24, 2.45) is 0 Å². The van der Waals surface area contributed by atoms with Crippen molar-refractivity contribution in [3.05, 3.63) is 48.0 Å². The number of carbonyl (C=O) groups excluding carboxylic acids is 1. The van der Waals surface area contributed by atoms with Crippen molar-refractivity contribution < 1.29 is 14.6 Å². The fourth-order valence-corrected chi connectivity index (χ4v) is 1.84. The number of ether oxygens (including phenoxy) is 1. The van der Waals surface area contributed by atoms with Gasteiger partial charge in [-0.3, -0.25) is 4.79 Å². The molecule has 1 aromatic carbocycles. The fraction of sp³-hybridized carbons (Fsp3) is 0.438. The molecule has 19 heavy (non-hydrogen) atoms. The number of benzene rings is 1. The van der Waals surface area contributed by atoms with Gasteiger partial charge >= 0.3 is 5.97 Å². The van der Waals surface area contributed by atoms with Gasteiger partial charge < -0.3 is 9.84 Å². The van der Waals surface area contributed by atoms with Crippen LogP contribution >= 0.6 is 0 Å². The first kappa shape index (κ1) is 15.4. The Bertz CT molecular complexity index is 411. The summed E-state index contributed by atoms with van der Waals surface area (Å²) in [5, 5.41) is 10.6. The van der Waals surface area contributed by atoms with Crippen LogP contribution in [0.1, 0.15) is 38.7 Å². The van der Waals surface area contributed by atoms with Gasteiger partial charge in [-0.25, -0.2) is 0 Å². The van der Waals surface area contributed by atoms with Gasteiger partial charge in [-0.2, -0.15) is 0 Å². The summed E-state index contributed by atoms with van der Waals surface area (Å²) in [4.78, 5) is 10.6. The number of carbonyl (C=O) groups is 1. The molecule has 1 rings (SSSR count). The maximum atomic E-state index is 10.6. The molecule has 0 aliphatic rings. The standard InChI is InChI=1S/C16H22O3/c1-3-16(18,15-10-6-4-7-11-15)12-8-5-9-13-19-14(2)17/h4,6-8,10-12,18H,3,5,9,13H2,1-2H3. The highest BCUT2D eigenvalue weighted by atomic mass is 16.5. The Kier molecular flexibility index (Phi) is 6.30. The summed E-state index contributed by atoms with van der Waals surface area (Å²) in [7, 11) is 0. The van der Waals surface area contributed by atoms with Crippen molar-refractivity contribution in [3.8, 4) is 0 Å². The van der Waals surface area contributed by atoms with Crippen LogP contribution in [-0.4, -0.2) is 17.7 Å². The smallest absolute Gasteiger partial charge is 0.302 e. The van der Waals surface area contributed by atoms with Gasteiger partial charge in [0.1, 0.15) is 5.60 Å². The van der Waals surface area contributed by atoms with E-state index in [4.69, 9.17) is 4.74 Å². The zero-order chi connectivity index (χ0) is 14.1. The highest BCUT2D eigenvalue weighted by Crippen LogP contribution is 2.26. The molecule has 0 aromatic heterocycles. The van der Waals surface area contributed by atoms with Gasteiger partial charge in [0.15, 0.2) is 0 Å². The zero-order valence-corrected chi connectivity index (χ0v) is 11.6. The largest absolute Gasteiger partial charge is 0.466 e. The van der Waals surface area contributed by atoms with E-state index >= 15 is 0 Å². The molecule has 3 heteroatoms. The molecule has 104 valence electrons. The van der Waals surface area contributed by atoms with E-state index in [0.717, 1.165) is 18.4 Å². The fourth-order valence-electron chi connectivity index (χ4n) is 1.84. The van der Waals surface area contributed by atoms with Crippen LogP contribution in [0.5, 0.6) is 0 Å². The summed E-state index contributed by atoms with van der Waals surface area (Å²) >= 11 is 0. The molecular weight excluding hydrogens is 240 g/mol. The maximum Gasteiger partial charge on any atom is 0.302 e. The molecule has 0 saturated heterocycles. The van der Waals surface area contributed by atoms with Crippen molar-refractivity contribution in [2.45, 2.75) is 38.7 Å². The van der Waals surface area contributed by atoms with E-state index in [1.807, 2.05) is 49.4 Å². The summed E-state index contributed by atoms with van der Waals surface area (Å²) in [5.74, 6) is -0.252. The van der Waals surface area contributed by atoms with Crippen LogP contribution in [-0.2, 0) is 15.1 Å². The maximum absolute atomic E-state index is 10.6. The highest BCUT2D eigenvalue weighted by molar-refractivity contribution is 5.65. The third kappa shape index (κ3) is 5.26. The normalized spacial score (nSPS) is 14.3. The molecule has 1 aromatic rings. The van der Waals surface area contributed by atoms with E-state index < -0.39 is 5.60 Å². The first-order chi connectivity index (χ1) is 9.08. The minimum Gasteiger partial charge on any atom is -0.466 e. The molecule has 0 saturated carbocycles. The Morgan fingerprint density at radius 1 is 1.37 bits per heavy atom. The van der Waals surface area contributed by atoms with Crippen molar-refractivity contribution in [1.82, 2.24) is 0 Å².